The van der Waals surface area contributed by atoms with Gasteiger partial charge in [0.1, 0.15) is 0 Å². The summed E-state index contributed by atoms with van der Waals surface area (Å²) in [5, 5.41) is 14.1. The van der Waals surface area contributed by atoms with E-state index in [0.29, 0.717) is 36.8 Å². The van der Waals surface area contributed by atoms with Crippen LogP contribution in [0.3, 0.4) is 0 Å². The highest BCUT2D eigenvalue weighted by Gasteiger charge is 2.50. The van der Waals surface area contributed by atoms with Crippen LogP contribution in [0.1, 0.15) is 59.3 Å². The van der Waals surface area contributed by atoms with Crippen molar-refractivity contribution < 1.29 is 4.43 Å². The van der Waals surface area contributed by atoms with Crippen molar-refractivity contribution in [2.24, 2.45) is 15.0 Å². The minimum absolute atomic E-state index is 0.0397. The molecule has 2 aromatic carbocycles. The standard InChI is InChI=1S/C43H65N9OS3Si/c1-43(2,3)57(38-10-6-4-7-11-38,39-12-8-5-9-13-39)53-26-32-14-20-50-22-16-34(46-40(50)44-32)28-55-30-36-18-24-52-25-19-37(49-42(52)48-36)31-56-29-35-17-23-51-21-15-33(27-54)45-41(51)47-35/h4-13,32-37,54H,14-31H2,1-3H3,(H,44,46)(H,45,47)(H,48,49)/t32-,33-,34-,35-,36-,37-/m1/s1. The summed E-state index contributed by atoms with van der Waals surface area (Å²) in [6, 6.07) is 24.3. The van der Waals surface area contributed by atoms with E-state index in [9.17, 15) is 0 Å². The second kappa shape index (κ2) is 18.8. The van der Waals surface area contributed by atoms with Gasteiger partial charge >= 0.3 is 0 Å². The van der Waals surface area contributed by atoms with Gasteiger partial charge in [-0.25, -0.2) is 15.0 Å². The molecule has 0 spiro atoms. The number of hydrogen-bond acceptors (Lipinski definition) is 13. The number of guanidine groups is 3. The smallest absolute Gasteiger partial charge is 0.261 e. The van der Waals surface area contributed by atoms with Crippen LogP contribution in [0.2, 0.25) is 5.04 Å². The highest BCUT2D eigenvalue weighted by molar-refractivity contribution is 7.99. The van der Waals surface area contributed by atoms with Gasteiger partial charge in [-0.05, 0) is 53.9 Å². The van der Waals surface area contributed by atoms with E-state index in [1.54, 1.807) is 0 Å². The van der Waals surface area contributed by atoms with E-state index in [2.05, 4.69) is 148 Å². The summed E-state index contributed by atoms with van der Waals surface area (Å²) < 4.78 is 7.30. The van der Waals surface area contributed by atoms with Crippen molar-refractivity contribution in [2.75, 3.05) is 74.6 Å². The van der Waals surface area contributed by atoms with E-state index in [4.69, 9.17) is 19.4 Å². The van der Waals surface area contributed by atoms with Gasteiger partial charge in [-0.2, -0.15) is 36.2 Å². The van der Waals surface area contributed by atoms with Crippen molar-refractivity contribution in [3.8, 4) is 0 Å². The fraction of sp³-hybridized carbons (Fsp3) is 0.651. The highest BCUT2D eigenvalue weighted by Crippen LogP contribution is 2.37. The molecule has 6 aliphatic rings. The molecule has 3 saturated heterocycles. The van der Waals surface area contributed by atoms with E-state index < -0.39 is 8.32 Å². The van der Waals surface area contributed by atoms with Gasteiger partial charge in [-0.15, -0.1) is 0 Å². The Bertz CT molecular complexity index is 1670. The zero-order valence-electron chi connectivity index (χ0n) is 34.3. The van der Waals surface area contributed by atoms with Crippen molar-refractivity contribution >= 4 is 72.7 Å². The number of aliphatic imine (C=N–C) groups is 3. The predicted molar refractivity (Wildman–Crippen MR) is 249 cm³/mol. The summed E-state index contributed by atoms with van der Waals surface area (Å²) in [5.74, 6) is 8.56. The predicted octanol–water partition coefficient (Wildman–Crippen LogP) is 4.34. The van der Waals surface area contributed by atoms with Crippen molar-refractivity contribution in [1.29, 1.82) is 0 Å². The Morgan fingerprint density at radius 3 is 1.47 bits per heavy atom. The summed E-state index contributed by atoms with van der Waals surface area (Å²) in [4.78, 5) is 22.9. The molecular formula is C43H65N9OS3Si. The Balaban J connectivity index is 0.804. The normalized spacial score (nSPS) is 27.7. The molecule has 6 atom stereocenters. The van der Waals surface area contributed by atoms with Gasteiger partial charge < -0.3 is 35.1 Å². The number of fused-ring (bicyclic) bond motifs is 3. The molecule has 0 unspecified atom stereocenters. The van der Waals surface area contributed by atoms with Crippen LogP contribution in [0, 0.1) is 0 Å². The molecule has 57 heavy (non-hydrogen) atoms. The van der Waals surface area contributed by atoms with Gasteiger partial charge in [-0.1, -0.05) is 81.4 Å². The SMILES string of the molecule is CC(C)(C)[Si](OC[C@H]1CCN2CC[C@H](CSC[C@H]3CCN4CC[C@H](CSC[C@H]5CCN6CC[C@H](CS)N=C6N5)NC4=N3)NC2=N1)(c1ccccc1)c1ccccc1. The summed E-state index contributed by atoms with van der Waals surface area (Å²) in [5.41, 5.74) is 0. The van der Waals surface area contributed by atoms with Gasteiger partial charge in [0.15, 0.2) is 17.9 Å². The van der Waals surface area contributed by atoms with Gasteiger partial charge in [0.05, 0.1) is 24.7 Å². The van der Waals surface area contributed by atoms with Crippen molar-refractivity contribution in [3.05, 3.63) is 60.7 Å². The summed E-state index contributed by atoms with van der Waals surface area (Å²) in [6.45, 7) is 14.3. The number of thioether (sulfide) groups is 2. The first-order chi connectivity index (χ1) is 27.8. The summed E-state index contributed by atoms with van der Waals surface area (Å²) in [6.07, 6.45) is 6.83. The van der Waals surface area contributed by atoms with E-state index in [1.807, 2.05) is 0 Å². The van der Waals surface area contributed by atoms with E-state index in [-0.39, 0.29) is 11.1 Å². The van der Waals surface area contributed by atoms with Crippen molar-refractivity contribution in [2.45, 2.75) is 101 Å². The number of hydrogen-bond donors (Lipinski definition) is 4. The Labute approximate surface area is 356 Å². The molecule has 10 nitrogen and oxygen atoms in total. The lowest BCUT2D eigenvalue weighted by Gasteiger charge is -2.44. The molecular weight excluding hydrogens is 783 g/mol. The third-order valence-corrected chi connectivity index (χ3v) is 20.6. The molecule has 0 aromatic heterocycles. The first kappa shape index (κ1) is 41.2. The Hall–Kier alpha value is -2.52. The van der Waals surface area contributed by atoms with Crippen LogP contribution in [-0.2, 0) is 4.43 Å². The Morgan fingerprint density at radius 1 is 0.596 bits per heavy atom. The molecule has 14 heteroatoms. The van der Waals surface area contributed by atoms with Crippen LogP contribution in [0.5, 0.6) is 0 Å². The van der Waals surface area contributed by atoms with Crippen molar-refractivity contribution in [1.82, 2.24) is 30.7 Å². The monoisotopic (exact) mass is 847 g/mol. The number of nitrogens with zero attached hydrogens (tertiary/aromatic N) is 6. The second-order valence-electron chi connectivity index (χ2n) is 17.8. The first-order valence-electron chi connectivity index (χ1n) is 21.6. The van der Waals surface area contributed by atoms with Gasteiger partial charge in [0.2, 0.25) is 0 Å². The molecule has 2 aromatic rings. The van der Waals surface area contributed by atoms with Crippen LogP contribution in [-0.4, -0.2) is 152 Å². The molecule has 6 heterocycles. The number of benzene rings is 2. The van der Waals surface area contributed by atoms with Crippen LogP contribution < -0.4 is 26.3 Å². The van der Waals surface area contributed by atoms with E-state index in [0.717, 1.165) is 112 Å². The fourth-order valence-corrected chi connectivity index (χ4v) is 16.6. The molecule has 0 aliphatic carbocycles. The molecule has 6 aliphatic heterocycles. The Kier molecular flexibility index (Phi) is 13.6. The quantitative estimate of drug-likeness (QED) is 0.164. The van der Waals surface area contributed by atoms with Crippen molar-refractivity contribution in [3.63, 3.8) is 0 Å². The zero-order chi connectivity index (χ0) is 39.2. The van der Waals surface area contributed by atoms with Crippen LogP contribution >= 0.6 is 36.2 Å². The maximum absolute atomic E-state index is 7.30. The molecule has 0 bridgehead atoms. The molecule has 8 rings (SSSR count). The summed E-state index contributed by atoms with van der Waals surface area (Å²) >= 11 is 8.63. The molecule has 310 valence electrons. The maximum atomic E-state index is 7.30. The van der Waals surface area contributed by atoms with Gasteiger partial charge in [-0.3, -0.25) is 0 Å². The molecule has 0 radical (unpaired) electrons. The zero-order valence-corrected chi connectivity index (χ0v) is 37.8. The van der Waals surface area contributed by atoms with Gasteiger partial charge in [0, 0.05) is 86.2 Å². The lowest BCUT2D eigenvalue weighted by Crippen LogP contribution is -2.67. The minimum Gasteiger partial charge on any atom is -0.405 e. The topological polar surface area (TPSA) is 92.1 Å². The third-order valence-electron chi connectivity index (χ3n) is 12.6. The number of thiol groups is 1. The number of rotatable bonds is 14. The average molecular weight is 848 g/mol. The van der Waals surface area contributed by atoms with E-state index in [1.165, 1.54) is 23.2 Å². The molecule has 3 N–H and O–H groups in total. The largest absolute Gasteiger partial charge is 0.405 e. The lowest BCUT2D eigenvalue weighted by molar-refractivity contribution is 0.233. The highest BCUT2D eigenvalue weighted by atomic mass is 32.2. The third kappa shape index (κ3) is 9.76. The minimum atomic E-state index is -2.60. The van der Waals surface area contributed by atoms with Crippen LogP contribution in [0.4, 0.5) is 0 Å². The summed E-state index contributed by atoms with van der Waals surface area (Å²) in [7, 11) is -2.60. The molecule has 0 saturated carbocycles. The Morgan fingerprint density at radius 2 is 1.00 bits per heavy atom. The average Bonchev–Trinajstić information content (AvgIpc) is 3.23. The van der Waals surface area contributed by atoms with Crippen LogP contribution in [0.15, 0.2) is 75.6 Å². The van der Waals surface area contributed by atoms with Gasteiger partial charge in [0.25, 0.3) is 8.32 Å². The fourth-order valence-electron chi connectivity index (χ4n) is 9.36. The maximum Gasteiger partial charge on any atom is 0.261 e. The number of nitrogens with one attached hydrogen (secondary N) is 3. The van der Waals surface area contributed by atoms with Crippen LogP contribution in [0.25, 0.3) is 0 Å². The lowest BCUT2D eigenvalue weighted by atomic mass is 10.1. The van der Waals surface area contributed by atoms with E-state index >= 15 is 0 Å². The first-order valence-corrected chi connectivity index (χ1v) is 26.4. The second-order valence-corrected chi connectivity index (χ2v) is 24.6. The molecule has 0 amide bonds. The molecule has 3 fully saturated rings.